The summed E-state index contributed by atoms with van der Waals surface area (Å²) < 4.78 is 24.6. The van der Waals surface area contributed by atoms with Crippen molar-refractivity contribution in [2.24, 2.45) is 5.73 Å². The van der Waals surface area contributed by atoms with Gasteiger partial charge in [0, 0.05) is 21.8 Å². The summed E-state index contributed by atoms with van der Waals surface area (Å²) in [6, 6.07) is 12.1. The van der Waals surface area contributed by atoms with E-state index in [4.69, 9.17) is 5.73 Å². The Bertz CT molecular complexity index is 737. The van der Waals surface area contributed by atoms with E-state index >= 15 is 0 Å². The minimum atomic E-state index is -2.47. The van der Waals surface area contributed by atoms with Gasteiger partial charge in [-0.15, -0.1) is 0 Å². The average Bonchev–Trinajstić information content (AvgIpc) is 2.56. The number of carbonyl (C=O) groups is 2. The fraction of sp³-hybridized carbons (Fsp3) is 0.176. The second kappa shape index (κ2) is 8.48. The summed E-state index contributed by atoms with van der Waals surface area (Å²) in [7, 11) is 0. The number of nitrogens with two attached hydrogens (primary N) is 1. The summed E-state index contributed by atoms with van der Waals surface area (Å²) in [5, 5.41) is 5.70. The molecule has 0 aliphatic heterocycles. The molecule has 2 amide bonds. The quantitative estimate of drug-likeness (QED) is 0.655. The maximum atomic E-state index is 12.3. The van der Waals surface area contributed by atoms with Crippen molar-refractivity contribution in [3.8, 4) is 0 Å². The third kappa shape index (κ3) is 5.75. The van der Waals surface area contributed by atoms with Gasteiger partial charge in [0.15, 0.2) is 0 Å². The smallest absolute Gasteiger partial charge is 0.288 e. The van der Waals surface area contributed by atoms with Gasteiger partial charge in [-0.1, -0.05) is 11.8 Å². The first-order chi connectivity index (χ1) is 11.8. The minimum absolute atomic E-state index is 0.280. The summed E-state index contributed by atoms with van der Waals surface area (Å²) in [6.45, 7) is 1.68. The largest absolute Gasteiger partial charge is 0.374 e. The second-order valence-electron chi connectivity index (χ2n) is 5.20. The zero-order valence-corrected chi connectivity index (χ0v) is 14.1. The Morgan fingerprint density at radius 3 is 2.08 bits per heavy atom. The molecule has 5 nitrogen and oxygen atoms in total. The van der Waals surface area contributed by atoms with Crippen molar-refractivity contribution in [1.82, 2.24) is 0 Å². The Labute approximate surface area is 148 Å². The maximum Gasteiger partial charge on any atom is 0.288 e. The van der Waals surface area contributed by atoms with E-state index in [-0.39, 0.29) is 5.91 Å². The first-order valence-corrected chi connectivity index (χ1v) is 8.25. The maximum absolute atomic E-state index is 12.3. The van der Waals surface area contributed by atoms with Crippen LogP contribution in [0.15, 0.2) is 53.4 Å². The fourth-order valence-electron chi connectivity index (χ4n) is 2.02. The number of alkyl halides is 2. The molecule has 2 rings (SSSR count). The van der Waals surface area contributed by atoms with Crippen LogP contribution in [0.1, 0.15) is 17.3 Å². The molecular formula is C17H17F2N3O2S. The van der Waals surface area contributed by atoms with Crippen LogP contribution in [-0.2, 0) is 4.79 Å². The van der Waals surface area contributed by atoms with Gasteiger partial charge in [0.1, 0.15) is 6.04 Å². The molecule has 2 aromatic rings. The van der Waals surface area contributed by atoms with Crippen LogP contribution in [0.4, 0.5) is 20.2 Å². The molecule has 8 heteroatoms. The van der Waals surface area contributed by atoms with E-state index in [1.807, 2.05) is 0 Å². The number of primary amides is 1. The summed E-state index contributed by atoms with van der Waals surface area (Å²) in [5.41, 5.74) is 6.69. The standard InChI is InChI=1S/C17H17F2N3O2S/c1-10(21-12-6-8-14(9-7-12)25-17(18)19)16(24)22-13-4-2-11(3-5-13)15(20)23/h2-10,17,21H,1H3,(H2,20,23)(H,22,24)/t10-/m0/s1. The highest BCUT2D eigenvalue weighted by Gasteiger charge is 2.13. The van der Waals surface area contributed by atoms with Crippen LogP contribution in [-0.4, -0.2) is 23.6 Å². The van der Waals surface area contributed by atoms with Crippen molar-refractivity contribution < 1.29 is 18.4 Å². The molecule has 2 aromatic carbocycles. The molecule has 0 aliphatic rings. The molecule has 0 aliphatic carbocycles. The number of hydrogen-bond donors (Lipinski definition) is 3. The van der Waals surface area contributed by atoms with Gasteiger partial charge in [0.05, 0.1) is 0 Å². The SMILES string of the molecule is C[C@H](Nc1ccc(SC(F)F)cc1)C(=O)Nc1ccc(C(N)=O)cc1. The van der Waals surface area contributed by atoms with Gasteiger partial charge in [-0.25, -0.2) is 0 Å². The first-order valence-electron chi connectivity index (χ1n) is 7.37. The molecule has 132 valence electrons. The van der Waals surface area contributed by atoms with Gasteiger partial charge in [-0.3, -0.25) is 9.59 Å². The molecule has 0 saturated heterocycles. The highest BCUT2D eigenvalue weighted by Crippen LogP contribution is 2.26. The van der Waals surface area contributed by atoms with Crippen molar-refractivity contribution in [2.75, 3.05) is 10.6 Å². The number of thioether (sulfide) groups is 1. The Morgan fingerprint density at radius 1 is 1.00 bits per heavy atom. The number of nitrogens with one attached hydrogen (secondary N) is 2. The lowest BCUT2D eigenvalue weighted by Gasteiger charge is -2.15. The van der Waals surface area contributed by atoms with E-state index in [0.717, 1.165) is 0 Å². The van der Waals surface area contributed by atoms with Gasteiger partial charge < -0.3 is 16.4 Å². The minimum Gasteiger partial charge on any atom is -0.374 e. The summed E-state index contributed by atoms with van der Waals surface area (Å²) in [4.78, 5) is 23.6. The van der Waals surface area contributed by atoms with Crippen LogP contribution in [0.5, 0.6) is 0 Å². The van der Waals surface area contributed by atoms with E-state index in [1.165, 1.54) is 12.1 Å². The highest BCUT2D eigenvalue weighted by molar-refractivity contribution is 7.99. The molecule has 4 N–H and O–H groups in total. The molecule has 0 aromatic heterocycles. The number of halogens is 2. The summed E-state index contributed by atoms with van der Waals surface area (Å²) >= 11 is 0.464. The lowest BCUT2D eigenvalue weighted by Crippen LogP contribution is -2.31. The van der Waals surface area contributed by atoms with Gasteiger partial charge in [0.25, 0.3) is 5.76 Å². The van der Waals surface area contributed by atoms with E-state index in [1.54, 1.807) is 43.3 Å². The van der Waals surface area contributed by atoms with Crippen molar-refractivity contribution in [2.45, 2.75) is 23.6 Å². The van der Waals surface area contributed by atoms with Crippen molar-refractivity contribution >= 4 is 35.0 Å². The van der Waals surface area contributed by atoms with E-state index in [9.17, 15) is 18.4 Å². The summed E-state index contributed by atoms with van der Waals surface area (Å²) in [6.07, 6.45) is 0. The van der Waals surface area contributed by atoms with E-state index in [2.05, 4.69) is 10.6 Å². The highest BCUT2D eigenvalue weighted by atomic mass is 32.2. The molecule has 25 heavy (non-hydrogen) atoms. The molecule has 0 radical (unpaired) electrons. The molecular weight excluding hydrogens is 348 g/mol. The van der Waals surface area contributed by atoms with Gasteiger partial charge >= 0.3 is 0 Å². The van der Waals surface area contributed by atoms with Crippen molar-refractivity contribution in [3.05, 3.63) is 54.1 Å². The third-order valence-electron chi connectivity index (χ3n) is 3.29. The topological polar surface area (TPSA) is 84.2 Å². The van der Waals surface area contributed by atoms with Crippen molar-refractivity contribution in [1.29, 1.82) is 0 Å². The average molecular weight is 365 g/mol. The Kier molecular flexibility index (Phi) is 6.35. The van der Waals surface area contributed by atoms with Crippen LogP contribution in [0.3, 0.4) is 0 Å². The van der Waals surface area contributed by atoms with Crippen LogP contribution in [0.2, 0.25) is 0 Å². The van der Waals surface area contributed by atoms with Gasteiger partial charge in [0.2, 0.25) is 11.8 Å². The monoisotopic (exact) mass is 365 g/mol. The number of hydrogen-bond acceptors (Lipinski definition) is 4. The molecule has 0 fully saturated rings. The van der Waals surface area contributed by atoms with Crippen LogP contribution in [0.25, 0.3) is 0 Å². The molecule has 1 atom stereocenters. The van der Waals surface area contributed by atoms with Crippen LogP contribution >= 0.6 is 11.8 Å². The molecule has 0 bridgehead atoms. The predicted octanol–water partition coefficient (Wildman–Crippen LogP) is 3.54. The van der Waals surface area contributed by atoms with Gasteiger partial charge in [-0.05, 0) is 55.5 Å². The third-order valence-corrected chi connectivity index (χ3v) is 4.02. The molecule has 0 heterocycles. The predicted molar refractivity (Wildman–Crippen MR) is 95.0 cm³/mol. The number of rotatable bonds is 7. The number of carbonyl (C=O) groups excluding carboxylic acids is 2. The van der Waals surface area contributed by atoms with E-state index in [0.29, 0.717) is 33.6 Å². The normalized spacial score (nSPS) is 11.8. The van der Waals surface area contributed by atoms with Crippen LogP contribution < -0.4 is 16.4 Å². The fourth-order valence-corrected chi connectivity index (χ4v) is 2.52. The van der Waals surface area contributed by atoms with Crippen molar-refractivity contribution in [3.63, 3.8) is 0 Å². The summed E-state index contributed by atoms with van der Waals surface area (Å²) in [5.74, 6) is -3.29. The molecule has 0 unspecified atom stereocenters. The Balaban J connectivity index is 1.92. The number of anilines is 2. The first kappa shape index (κ1) is 18.7. The van der Waals surface area contributed by atoms with E-state index < -0.39 is 17.7 Å². The number of amides is 2. The van der Waals surface area contributed by atoms with Crippen LogP contribution in [0, 0.1) is 0 Å². The Morgan fingerprint density at radius 2 is 1.56 bits per heavy atom. The second-order valence-corrected chi connectivity index (χ2v) is 6.26. The van der Waals surface area contributed by atoms with Gasteiger partial charge in [-0.2, -0.15) is 8.78 Å². The molecule has 0 saturated carbocycles. The zero-order valence-electron chi connectivity index (χ0n) is 13.3. The Hall–Kier alpha value is -2.61. The lowest BCUT2D eigenvalue weighted by atomic mass is 10.2. The molecule has 0 spiro atoms. The lowest BCUT2D eigenvalue weighted by molar-refractivity contribution is -0.116. The number of benzene rings is 2. The zero-order chi connectivity index (χ0) is 18.4.